The predicted octanol–water partition coefficient (Wildman–Crippen LogP) is 9.62. The van der Waals surface area contributed by atoms with Crippen molar-refractivity contribution < 1.29 is 12.8 Å². The minimum Gasteiger partial charge on any atom is -0.456 e. The Morgan fingerprint density at radius 1 is 0.682 bits per heavy atom. The number of aromatic nitrogens is 1. The molecule has 3 heterocycles. The molecule has 4 nitrogen and oxygen atoms in total. The summed E-state index contributed by atoms with van der Waals surface area (Å²) < 4.78 is 35.7. The summed E-state index contributed by atoms with van der Waals surface area (Å²) in [6.45, 7) is 2.13. The second kappa shape index (κ2) is 9.07. The zero-order valence-electron chi connectivity index (χ0n) is 24.2. The molecular formula is C39H29NO3S. The number of sulfone groups is 1. The number of fused-ring (bicyclic) bond motifs is 9. The first kappa shape index (κ1) is 25.6. The van der Waals surface area contributed by atoms with E-state index in [1.807, 2.05) is 30.3 Å². The van der Waals surface area contributed by atoms with Crippen LogP contribution in [-0.4, -0.2) is 18.7 Å². The first-order chi connectivity index (χ1) is 21.4. The van der Waals surface area contributed by atoms with Gasteiger partial charge in [-0.05, 0) is 76.7 Å². The molecule has 0 saturated carbocycles. The van der Waals surface area contributed by atoms with Gasteiger partial charge in [0.25, 0.3) is 0 Å². The van der Waals surface area contributed by atoms with Crippen molar-refractivity contribution in [2.75, 3.05) is 5.75 Å². The number of nitrogens with zero attached hydrogens (tertiary/aromatic N) is 1. The SMILES string of the molecule is CC12CC(n3c4ccccc4c4ccccc43)=CC=C1c1cc(-c3ccc4oc5ccccc5c4c3)ccc1CS(=O)(=O)C2. The van der Waals surface area contributed by atoms with Crippen molar-refractivity contribution in [3.8, 4) is 11.1 Å². The first-order valence-corrected chi connectivity index (χ1v) is 16.8. The van der Waals surface area contributed by atoms with Crippen LogP contribution < -0.4 is 0 Å². The molecule has 0 fully saturated rings. The Labute approximate surface area is 255 Å². The van der Waals surface area contributed by atoms with Crippen molar-refractivity contribution in [2.45, 2.75) is 19.1 Å². The standard InChI is InChI=1S/C39H29NO3S/c1-39-22-28(40-35-11-5-2-8-29(35)30-9-3-6-12-36(30)40)17-18-34(39)32-20-25(14-15-27(32)23-44(41,42)24-39)26-16-19-38-33(21-26)31-10-4-7-13-37(31)43-38/h2-21H,22-24H2,1H3. The summed E-state index contributed by atoms with van der Waals surface area (Å²) in [7, 11) is -3.35. The zero-order chi connectivity index (χ0) is 29.6. The van der Waals surface area contributed by atoms with Crippen LogP contribution in [0.3, 0.4) is 0 Å². The molecule has 0 radical (unpaired) electrons. The van der Waals surface area contributed by atoms with Gasteiger partial charge in [-0.2, -0.15) is 0 Å². The maximum atomic E-state index is 13.6. The van der Waals surface area contributed by atoms with Gasteiger partial charge in [0, 0.05) is 32.7 Å². The van der Waals surface area contributed by atoms with Gasteiger partial charge in [-0.25, -0.2) is 8.42 Å². The number of benzene rings is 5. The van der Waals surface area contributed by atoms with Gasteiger partial charge < -0.3 is 8.98 Å². The quantitative estimate of drug-likeness (QED) is 0.201. The molecule has 0 saturated heterocycles. The van der Waals surface area contributed by atoms with E-state index < -0.39 is 15.3 Å². The normalized spacial score (nSPS) is 19.5. The zero-order valence-corrected chi connectivity index (χ0v) is 25.1. The van der Waals surface area contributed by atoms with E-state index >= 15 is 0 Å². The van der Waals surface area contributed by atoms with Crippen LogP contribution in [0.2, 0.25) is 0 Å². The van der Waals surface area contributed by atoms with E-state index in [1.165, 1.54) is 10.8 Å². The number of rotatable bonds is 2. The highest BCUT2D eigenvalue weighted by Gasteiger charge is 2.41. The van der Waals surface area contributed by atoms with Crippen molar-refractivity contribution in [3.63, 3.8) is 0 Å². The largest absolute Gasteiger partial charge is 0.456 e. The maximum Gasteiger partial charge on any atom is 0.155 e. The van der Waals surface area contributed by atoms with E-state index in [-0.39, 0.29) is 11.5 Å². The van der Waals surface area contributed by atoms with Crippen LogP contribution in [0.4, 0.5) is 0 Å². The lowest BCUT2D eigenvalue weighted by Crippen LogP contribution is -2.29. The lowest BCUT2D eigenvalue weighted by atomic mass is 9.72. The maximum absolute atomic E-state index is 13.6. The summed E-state index contributed by atoms with van der Waals surface area (Å²) in [6, 6.07) is 37.6. The molecule has 5 heteroatoms. The first-order valence-electron chi connectivity index (χ1n) is 15.0. The van der Waals surface area contributed by atoms with Crippen LogP contribution >= 0.6 is 0 Å². The molecule has 1 unspecified atom stereocenters. The van der Waals surface area contributed by atoms with Crippen LogP contribution in [0.15, 0.2) is 126 Å². The summed E-state index contributed by atoms with van der Waals surface area (Å²) in [4.78, 5) is 0. The number of allylic oxidation sites excluding steroid dienone is 4. The molecule has 1 aliphatic heterocycles. The summed E-state index contributed by atoms with van der Waals surface area (Å²) >= 11 is 0. The van der Waals surface area contributed by atoms with Crippen LogP contribution in [0.1, 0.15) is 24.5 Å². The van der Waals surface area contributed by atoms with Crippen LogP contribution in [0, 0.1) is 5.41 Å². The topological polar surface area (TPSA) is 52.2 Å². The lowest BCUT2D eigenvalue weighted by molar-refractivity contribution is 0.496. The van der Waals surface area contributed by atoms with E-state index in [9.17, 15) is 8.42 Å². The number of furan rings is 1. The minimum atomic E-state index is -3.35. The van der Waals surface area contributed by atoms with Gasteiger partial charge in [-0.3, -0.25) is 0 Å². The van der Waals surface area contributed by atoms with Crippen molar-refractivity contribution in [2.24, 2.45) is 5.41 Å². The van der Waals surface area contributed by atoms with Crippen LogP contribution in [0.25, 0.3) is 66.1 Å². The van der Waals surface area contributed by atoms with Crippen molar-refractivity contribution in [3.05, 3.63) is 132 Å². The van der Waals surface area contributed by atoms with Crippen molar-refractivity contribution in [1.82, 2.24) is 4.57 Å². The molecule has 1 atom stereocenters. The number of hydrogen-bond donors (Lipinski definition) is 0. The van der Waals surface area contributed by atoms with E-state index in [1.54, 1.807) is 0 Å². The van der Waals surface area contributed by atoms with Gasteiger partial charge in [0.1, 0.15) is 11.2 Å². The Kier molecular flexibility index (Phi) is 5.28. The van der Waals surface area contributed by atoms with E-state index in [2.05, 4.69) is 103 Å². The average Bonchev–Trinajstić information content (AvgIpc) is 3.53. The molecule has 9 rings (SSSR count). The summed E-state index contributed by atoms with van der Waals surface area (Å²) in [6.07, 6.45) is 5.00. The summed E-state index contributed by atoms with van der Waals surface area (Å²) in [5.74, 6) is 0.156. The molecule has 0 amide bonds. The van der Waals surface area contributed by atoms with Crippen molar-refractivity contribution in [1.29, 1.82) is 0 Å². The summed E-state index contributed by atoms with van der Waals surface area (Å²) in [5.41, 5.74) is 9.69. The fourth-order valence-corrected chi connectivity index (χ4v) is 9.73. The molecule has 0 bridgehead atoms. The number of para-hydroxylation sites is 3. The Balaban J connectivity index is 1.23. The Morgan fingerprint density at radius 2 is 1.32 bits per heavy atom. The van der Waals surface area contributed by atoms with Crippen molar-refractivity contribution >= 4 is 64.9 Å². The molecule has 0 N–H and O–H groups in total. The highest BCUT2D eigenvalue weighted by Crippen LogP contribution is 2.50. The highest BCUT2D eigenvalue weighted by molar-refractivity contribution is 7.90. The molecular weight excluding hydrogens is 563 g/mol. The monoisotopic (exact) mass is 591 g/mol. The molecule has 0 spiro atoms. The smallest absolute Gasteiger partial charge is 0.155 e. The minimum absolute atomic E-state index is 0.0473. The molecule has 44 heavy (non-hydrogen) atoms. The molecule has 2 aromatic heterocycles. The molecule has 7 aromatic rings. The Hall–Kier alpha value is -4.87. The molecule has 2 aliphatic rings. The fourth-order valence-electron chi connectivity index (χ4n) is 7.68. The fraction of sp³-hybridized carbons (Fsp3) is 0.128. The van der Waals surface area contributed by atoms with Gasteiger partial charge in [-0.15, -0.1) is 0 Å². The number of hydrogen-bond acceptors (Lipinski definition) is 3. The van der Waals surface area contributed by atoms with Gasteiger partial charge in [0.05, 0.1) is 22.5 Å². The van der Waals surface area contributed by atoms with E-state index in [0.29, 0.717) is 6.42 Å². The van der Waals surface area contributed by atoms with Crippen LogP contribution in [0.5, 0.6) is 0 Å². The third-order valence-electron chi connectivity index (χ3n) is 9.56. The third kappa shape index (κ3) is 3.79. The molecule has 1 aliphatic carbocycles. The summed E-state index contributed by atoms with van der Waals surface area (Å²) in [5, 5.41) is 4.58. The molecule has 214 valence electrons. The Bertz CT molecular complexity index is 2460. The predicted molar refractivity (Wildman–Crippen MR) is 181 cm³/mol. The van der Waals surface area contributed by atoms with Gasteiger partial charge >= 0.3 is 0 Å². The van der Waals surface area contributed by atoms with Gasteiger partial charge in [-0.1, -0.05) is 85.8 Å². The molecule has 5 aromatic carbocycles. The Morgan fingerprint density at radius 3 is 2.09 bits per heavy atom. The lowest BCUT2D eigenvalue weighted by Gasteiger charge is -2.35. The van der Waals surface area contributed by atoms with E-state index in [4.69, 9.17) is 4.42 Å². The van der Waals surface area contributed by atoms with Gasteiger partial charge in [0.15, 0.2) is 9.84 Å². The second-order valence-electron chi connectivity index (χ2n) is 12.6. The average molecular weight is 592 g/mol. The van der Waals surface area contributed by atoms with Gasteiger partial charge in [0.2, 0.25) is 0 Å². The van der Waals surface area contributed by atoms with Crippen LogP contribution in [-0.2, 0) is 15.6 Å². The van der Waals surface area contributed by atoms with E-state index in [0.717, 1.165) is 66.5 Å². The third-order valence-corrected chi connectivity index (χ3v) is 11.4. The second-order valence-corrected chi connectivity index (χ2v) is 14.6. The highest BCUT2D eigenvalue weighted by atomic mass is 32.2.